The maximum absolute atomic E-state index is 14.3. The third-order valence-electron chi connectivity index (χ3n) is 8.22. The largest absolute Gasteiger partial charge is 0.508 e. The van der Waals surface area contributed by atoms with Gasteiger partial charge in [-0.3, -0.25) is 4.79 Å². The lowest BCUT2D eigenvalue weighted by atomic mass is 9.96. The number of phenolic OH excluding ortho intramolecular Hbond substituents is 1. The number of ether oxygens (including phenoxy) is 1. The van der Waals surface area contributed by atoms with Crippen LogP contribution in [0.1, 0.15) is 66.6 Å². The van der Waals surface area contributed by atoms with Crippen molar-refractivity contribution >= 4 is 17.7 Å². The zero-order valence-corrected chi connectivity index (χ0v) is 26.9. The first-order valence-corrected chi connectivity index (χ1v) is 16.8. The van der Waals surface area contributed by atoms with Crippen LogP contribution in [-0.4, -0.2) is 28.9 Å². The molecule has 0 aliphatic heterocycles. The third-order valence-corrected chi connectivity index (χ3v) is 9.66. The second kappa shape index (κ2) is 15.8. The number of phenols is 1. The number of aromatic hydroxyl groups is 1. The van der Waals surface area contributed by atoms with Crippen LogP contribution in [0.4, 0.5) is 4.39 Å². The normalized spacial score (nSPS) is 16.2. The fraction of sp³-hybridized carbons (Fsp3) is 0.308. The Morgan fingerprint density at radius 2 is 1.73 bits per heavy atom. The van der Waals surface area contributed by atoms with E-state index in [1.54, 1.807) is 30.3 Å². The first-order chi connectivity index (χ1) is 21.8. The molecule has 234 valence electrons. The molecule has 45 heavy (non-hydrogen) atoms. The number of rotatable bonds is 12. The highest BCUT2D eigenvalue weighted by Crippen LogP contribution is 2.34. The molecule has 0 atom stereocenters. The number of thioether (sulfide) groups is 1. The molecule has 0 bridgehead atoms. The van der Waals surface area contributed by atoms with Gasteiger partial charge < -0.3 is 15.2 Å². The Morgan fingerprint density at radius 3 is 2.49 bits per heavy atom. The number of carbonyl (C=O) groups excluding carboxylic acids is 1. The van der Waals surface area contributed by atoms with Crippen LogP contribution in [0.15, 0.2) is 103 Å². The van der Waals surface area contributed by atoms with Crippen molar-refractivity contribution in [2.24, 2.45) is 0 Å². The second-order valence-corrected chi connectivity index (χ2v) is 13.3. The first kappa shape index (κ1) is 32.4. The smallest absolute Gasteiger partial charge is 0.251 e. The van der Waals surface area contributed by atoms with Gasteiger partial charge >= 0.3 is 0 Å². The van der Waals surface area contributed by atoms with Crippen molar-refractivity contribution in [1.29, 1.82) is 0 Å². The Kier molecular flexibility index (Phi) is 11.4. The maximum atomic E-state index is 14.3. The molecule has 0 unspecified atom stereocenters. The van der Waals surface area contributed by atoms with Crippen molar-refractivity contribution in [2.75, 3.05) is 6.54 Å². The standard InChI is InChI=1S/C39H42FNO3S/c1-27(2)11-12-31-23-32(14-20-38(31)42)39(43)41-22-21-29-13-15-35(25-37(29)30-9-6-10-33(40)24-30)44-34-16-18-36(19-17-34)45-26-28-7-4-3-5-8-28/h3-11,13-15,20,23-25,34,36,42H,12,16-19,21-22,26H2,1-2H3,(H,41,43). The molecular weight excluding hydrogens is 581 g/mol. The monoisotopic (exact) mass is 623 g/mol. The van der Waals surface area contributed by atoms with E-state index in [-0.39, 0.29) is 23.6 Å². The van der Waals surface area contributed by atoms with Gasteiger partial charge in [-0.25, -0.2) is 4.39 Å². The molecule has 0 saturated heterocycles. The van der Waals surface area contributed by atoms with Crippen molar-refractivity contribution in [3.05, 3.63) is 131 Å². The Morgan fingerprint density at radius 1 is 0.933 bits per heavy atom. The molecule has 6 heteroatoms. The third kappa shape index (κ3) is 9.48. The Labute approximate surface area is 270 Å². The lowest BCUT2D eigenvalue weighted by molar-refractivity contribution is 0.0954. The molecule has 4 aromatic rings. The van der Waals surface area contributed by atoms with Gasteiger partial charge in [-0.05, 0) is 123 Å². The summed E-state index contributed by atoms with van der Waals surface area (Å²) >= 11 is 2.04. The van der Waals surface area contributed by atoms with Gasteiger partial charge in [-0.1, -0.05) is 60.2 Å². The summed E-state index contributed by atoms with van der Waals surface area (Å²) in [7, 11) is 0. The zero-order chi connectivity index (χ0) is 31.6. The van der Waals surface area contributed by atoms with Gasteiger partial charge in [-0.15, -0.1) is 0 Å². The molecule has 2 N–H and O–H groups in total. The van der Waals surface area contributed by atoms with Crippen LogP contribution < -0.4 is 10.1 Å². The summed E-state index contributed by atoms with van der Waals surface area (Å²) in [5.41, 5.74) is 6.43. The predicted molar refractivity (Wildman–Crippen MR) is 184 cm³/mol. The summed E-state index contributed by atoms with van der Waals surface area (Å²) in [6.45, 7) is 4.42. The fourth-order valence-electron chi connectivity index (χ4n) is 5.69. The molecule has 1 aliphatic rings. The molecule has 4 nitrogen and oxygen atoms in total. The molecule has 1 aliphatic carbocycles. The lowest BCUT2D eigenvalue weighted by Crippen LogP contribution is -2.26. The minimum absolute atomic E-state index is 0.163. The van der Waals surface area contributed by atoms with E-state index in [4.69, 9.17) is 4.74 Å². The Balaban J connectivity index is 1.21. The minimum atomic E-state index is -0.291. The van der Waals surface area contributed by atoms with Crippen molar-refractivity contribution in [3.63, 3.8) is 0 Å². The van der Waals surface area contributed by atoms with E-state index in [2.05, 4.69) is 35.6 Å². The van der Waals surface area contributed by atoms with Crippen molar-refractivity contribution in [1.82, 2.24) is 5.32 Å². The van der Waals surface area contributed by atoms with E-state index < -0.39 is 0 Å². The molecule has 0 aromatic heterocycles. The Bertz CT molecular complexity index is 1610. The van der Waals surface area contributed by atoms with Crippen LogP contribution in [0.2, 0.25) is 0 Å². The average molecular weight is 624 g/mol. The molecule has 0 radical (unpaired) electrons. The van der Waals surface area contributed by atoms with E-state index in [1.807, 2.05) is 56.0 Å². The van der Waals surface area contributed by atoms with Crippen LogP contribution in [0.5, 0.6) is 11.5 Å². The number of hydrogen-bond donors (Lipinski definition) is 2. The van der Waals surface area contributed by atoms with Gasteiger partial charge in [0.05, 0.1) is 6.10 Å². The summed E-state index contributed by atoms with van der Waals surface area (Å²) in [4.78, 5) is 13.0. The van der Waals surface area contributed by atoms with Crippen LogP contribution in [0.25, 0.3) is 11.1 Å². The summed E-state index contributed by atoms with van der Waals surface area (Å²) < 4.78 is 20.7. The molecular formula is C39H42FNO3S. The summed E-state index contributed by atoms with van der Waals surface area (Å²) in [6, 6.07) is 28.2. The highest BCUT2D eigenvalue weighted by molar-refractivity contribution is 7.99. The quantitative estimate of drug-likeness (QED) is 0.154. The molecule has 1 fully saturated rings. The van der Waals surface area contributed by atoms with E-state index in [0.29, 0.717) is 35.8 Å². The van der Waals surface area contributed by atoms with Crippen LogP contribution >= 0.6 is 11.8 Å². The average Bonchev–Trinajstić information content (AvgIpc) is 3.05. The van der Waals surface area contributed by atoms with Gasteiger partial charge in [0.2, 0.25) is 0 Å². The van der Waals surface area contributed by atoms with Crippen LogP contribution in [0.3, 0.4) is 0 Å². The first-order valence-electron chi connectivity index (χ1n) is 15.8. The van der Waals surface area contributed by atoms with Gasteiger partial charge in [0.25, 0.3) is 5.91 Å². The highest BCUT2D eigenvalue weighted by atomic mass is 32.2. The van der Waals surface area contributed by atoms with Gasteiger partial charge in [-0.2, -0.15) is 11.8 Å². The molecule has 1 amide bonds. The van der Waals surface area contributed by atoms with E-state index in [9.17, 15) is 14.3 Å². The number of halogens is 1. The summed E-state index contributed by atoms with van der Waals surface area (Å²) in [6.07, 6.45) is 7.62. The predicted octanol–water partition coefficient (Wildman–Crippen LogP) is 9.30. The molecule has 4 aromatic carbocycles. The maximum Gasteiger partial charge on any atom is 0.251 e. The highest BCUT2D eigenvalue weighted by Gasteiger charge is 2.23. The van der Waals surface area contributed by atoms with E-state index in [1.165, 1.54) is 11.6 Å². The number of carbonyl (C=O) groups is 1. The second-order valence-electron chi connectivity index (χ2n) is 12.0. The van der Waals surface area contributed by atoms with Crippen molar-refractivity contribution < 1.29 is 19.0 Å². The number of benzene rings is 4. The molecule has 0 heterocycles. The molecule has 1 saturated carbocycles. The lowest BCUT2D eigenvalue weighted by Gasteiger charge is -2.29. The Hall–Kier alpha value is -4.03. The number of allylic oxidation sites excluding steroid dienone is 2. The summed E-state index contributed by atoms with van der Waals surface area (Å²) in [5.74, 6) is 1.53. The number of amides is 1. The number of nitrogens with one attached hydrogen (secondary N) is 1. The van der Waals surface area contributed by atoms with Crippen molar-refractivity contribution in [2.45, 2.75) is 69.5 Å². The van der Waals surface area contributed by atoms with Gasteiger partial charge in [0.1, 0.15) is 17.3 Å². The SMILES string of the molecule is CC(C)=CCc1cc(C(=O)NCCc2ccc(OC3CCC(SCc4ccccc4)CC3)cc2-c2cccc(F)c2)ccc1O. The molecule has 0 spiro atoms. The van der Waals surface area contributed by atoms with Crippen molar-refractivity contribution in [3.8, 4) is 22.6 Å². The summed E-state index contributed by atoms with van der Waals surface area (Å²) in [5, 5.41) is 13.9. The molecule has 5 rings (SSSR count). The fourth-order valence-corrected chi connectivity index (χ4v) is 6.91. The van der Waals surface area contributed by atoms with Gasteiger partial charge in [0.15, 0.2) is 0 Å². The van der Waals surface area contributed by atoms with E-state index in [0.717, 1.165) is 59.4 Å². The van der Waals surface area contributed by atoms with Gasteiger partial charge in [0, 0.05) is 23.1 Å². The van der Waals surface area contributed by atoms with E-state index >= 15 is 0 Å². The zero-order valence-electron chi connectivity index (χ0n) is 26.1. The number of hydrogen-bond acceptors (Lipinski definition) is 4. The van der Waals surface area contributed by atoms with Crippen LogP contribution in [-0.2, 0) is 18.6 Å². The topological polar surface area (TPSA) is 58.6 Å². The minimum Gasteiger partial charge on any atom is -0.508 e. The van der Waals surface area contributed by atoms with Crippen LogP contribution in [0, 0.1) is 5.82 Å².